The summed E-state index contributed by atoms with van der Waals surface area (Å²) in [5.41, 5.74) is 0. The Morgan fingerprint density at radius 3 is 2.54 bits per heavy atom. The second kappa shape index (κ2) is 12.3. The first-order valence-electron chi connectivity index (χ1n) is 9.36. The van der Waals surface area contributed by atoms with E-state index in [2.05, 4.69) is 15.4 Å². The van der Waals surface area contributed by atoms with Gasteiger partial charge in [-0.2, -0.15) is 0 Å². The lowest BCUT2D eigenvalue weighted by Crippen LogP contribution is -2.40. The average molecular weight is 369 g/mol. The maximum atomic E-state index is 12.1. The van der Waals surface area contributed by atoms with Crippen LogP contribution in [0.15, 0.2) is 0 Å². The van der Waals surface area contributed by atoms with Crippen LogP contribution in [0.2, 0.25) is 0 Å². The number of amides is 3. The monoisotopic (exact) mass is 369 g/mol. The molecule has 1 unspecified atom stereocenters. The van der Waals surface area contributed by atoms with Gasteiger partial charge in [0, 0.05) is 32.5 Å². The summed E-state index contributed by atoms with van der Waals surface area (Å²) in [5.74, 6) is -0.785. The van der Waals surface area contributed by atoms with E-state index in [-0.39, 0.29) is 36.2 Å². The summed E-state index contributed by atoms with van der Waals surface area (Å²) in [6.45, 7) is 3.42. The van der Waals surface area contributed by atoms with Crippen LogP contribution in [0.5, 0.6) is 0 Å². The van der Waals surface area contributed by atoms with E-state index in [1.165, 1.54) is 7.11 Å². The van der Waals surface area contributed by atoms with Gasteiger partial charge in [0.05, 0.1) is 19.6 Å². The standard InChI is InChI=1S/C18H31N3O5/c1-3-4-7-15(22)20-12-16(23)21-11-9-14(13-21)18(25)19-10-6-5-8-17(24)26-2/h14H,3-13H2,1-2H3,(H,19,25)(H,20,22). The van der Waals surface area contributed by atoms with Gasteiger partial charge in [0.15, 0.2) is 0 Å². The predicted molar refractivity (Wildman–Crippen MR) is 96.1 cm³/mol. The summed E-state index contributed by atoms with van der Waals surface area (Å²) in [4.78, 5) is 48.4. The third kappa shape index (κ3) is 8.31. The maximum absolute atomic E-state index is 12.1. The third-order valence-corrected chi connectivity index (χ3v) is 4.44. The molecule has 1 heterocycles. The summed E-state index contributed by atoms with van der Waals surface area (Å²) >= 11 is 0. The van der Waals surface area contributed by atoms with Gasteiger partial charge in [-0.3, -0.25) is 19.2 Å². The molecule has 2 N–H and O–H groups in total. The van der Waals surface area contributed by atoms with Crippen molar-refractivity contribution in [3.8, 4) is 0 Å². The number of carbonyl (C=O) groups excluding carboxylic acids is 4. The molecule has 0 saturated carbocycles. The molecule has 0 aromatic rings. The number of unbranched alkanes of at least 4 members (excludes halogenated alkanes) is 2. The Morgan fingerprint density at radius 1 is 1.08 bits per heavy atom. The lowest BCUT2D eigenvalue weighted by Gasteiger charge is -2.17. The van der Waals surface area contributed by atoms with E-state index in [0.717, 1.165) is 12.8 Å². The van der Waals surface area contributed by atoms with Gasteiger partial charge in [-0.05, 0) is 25.7 Å². The number of likely N-dealkylation sites (tertiary alicyclic amines) is 1. The average Bonchev–Trinajstić information content (AvgIpc) is 3.14. The Morgan fingerprint density at radius 2 is 1.85 bits per heavy atom. The normalized spacial score (nSPS) is 16.2. The highest BCUT2D eigenvalue weighted by Crippen LogP contribution is 2.16. The molecule has 0 radical (unpaired) electrons. The molecule has 0 aromatic carbocycles. The Labute approximate surface area is 155 Å². The number of ether oxygens (including phenoxy) is 1. The van der Waals surface area contributed by atoms with Crippen LogP contribution in [-0.4, -0.2) is 61.9 Å². The first kappa shape index (κ1) is 21.9. The molecule has 1 aliphatic heterocycles. The van der Waals surface area contributed by atoms with Gasteiger partial charge in [-0.25, -0.2) is 0 Å². The van der Waals surface area contributed by atoms with Crippen molar-refractivity contribution in [3.05, 3.63) is 0 Å². The molecule has 8 nitrogen and oxygen atoms in total. The zero-order valence-electron chi connectivity index (χ0n) is 15.8. The van der Waals surface area contributed by atoms with Gasteiger partial charge in [-0.15, -0.1) is 0 Å². The van der Waals surface area contributed by atoms with Crippen molar-refractivity contribution >= 4 is 23.7 Å². The fourth-order valence-electron chi connectivity index (χ4n) is 2.76. The lowest BCUT2D eigenvalue weighted by atomic mass is 10.1. The van der Waals surface area contributed by atoms with Crippen LogP contribution < -0.4 is 10.6 Å². The van der Waals surface area contributed by atoms with E-state index in [4.69, 9.17) is 0 Å². The molecule has 3 amide bonds. The van der Waals surface area contributed by atoms with Crippen molar-refractivity contribution in [1.29, 1.82) is 0 Å². The first-order valence-corrected chi connectivity index (χ1v) is 9.36. The van der Waals surface area contributed by atoms with Gasteiger partial charge in [0.2, 0.25) is 17.7 Å². The van der Waals surface area contributed by atoms with E-state index in [1.807, 2.05) is 6.92 Å². The maximum Gasteiger partial charge on any atom is 0.305 e. The molecule has 8 heteroatoms. The SMILES string of the molecule is CCCCC(=O)NCC(=O)N1CCC(C(=O)NCCCCC(=O)OC)C1. The summed E-state index contributed by atoms with van der Waals surface area (Å²) < 4.78 is 4.56. The van der Waals surface area contributed by atoms with E-state index in [1.54, 1.807) is 4.90 Å². The van der Waals surface area contributed by atoms with Crippen molar-refractivity contribution in [2.45, 2.75) is 51.9 Å². The predicted octanol–water partition coefficient (Wildman–Crippen LogP) is 0.601. The number of methoxy groups -OCH3 is 1. The molecular weight excluding hydrogens is 338 g/mol. The Balaban J connectivity index is 2.19. The van der Waals surface area contributed by atoms with Crippen molar-refractivity contribution in [2.24, 2.45) is 5.92 Å². The van der Waals surface area contributed by atoms with Crippen LogP contribution in [0.25, 0.3) is 0 Å². The number of esters is 1. The lowest BCUT2D eigenvalue weighted by molar-refractivity contribution is -0.140. The minimum absolute atomic E-state index is 0.00951. The fourth-order valence-corrected chi connectivity index (χ4v) is 2.76. The van der Waals surface area contributed by atoms with Crippen LogP contribution in [0.3, 0.4) is 0 Å². The topological polar surface area (TPSA) is 105 Å². The van der Waals surface area contributed by atoms with E-state index < -0.39 is 0 Å². The van der Waals surface area contributed by atoms with Crippen LogP contribution in [0.4, 0.5) is 0 Å². The second-order valence-corrected chi connectivity index (χ2v) is 6.53. The number of rotatable bonds is 11. The Bertz CT molecular complexity index is 495. The molecule has 26 heavy (non-hydrogen) atoms. The number of hydrogen-bond donors (Lipinski definition) is 2. The molecule has 0 aliphatic carbocycles. The second-order valence-electron chi connectivity index (χ2n) is 6.53. The van der Waals surface area contributed by atoms with E-state index in [9.17, 15) is 19.2 Å². The fraction of sp³-hybridized carbons (Fsp3) is 0.778. The molecule has 1 atom stereocenters. The van der Waals surface area contributed by atoms with Crippen LogP contribution >= 0.6 is 0 Å². The summed E-state index contributed by atoms with van der Waals surface area (Å²) in [6.07, 6.45) is 4.54. The highest BCUT2D eigenvalue weighted by atomic mass is 16.5. The molecule has 1 rings (SSSR count). The van der Waals surface area contributed by atoms with Gasteiger partial charge in [0.1, 0.15) is 0 Å². The van der Waals surface area contributed by atoms with Crippen molar-refractivity contribution in [1.82, 2.24) is 15.5 Å². The Kier molecular flexibility index (Phi) is 10.3. The summed E-state index contributed by atoms with van der Waals surface area (Å²) in [6, 6.07) is 0. The number of carbonyl (C=O) groups is 4. The molecule has 148 valence electrons. The molecular formula is C18H31N3O5. The molecule has 1 fully saturated rings. The highest BCUT2D eigenvalue weighted by molar-refractivity contribution is 5.86. The molecule has 0 spiro atoms. The van der Waals surface area contributed by atoms with Crippen LogP contribution in [-0.2, 0) is 23.9 Å². The van der Waals surface area contributed by atoms with Crippen LogP contribution in [0, 0.1) is 5.92 Å². The molecule has 1 saturated heterocycles. The minimum Gasteiger partial charge on any atom is -0.469 e. The van der Waals surface area contributed by atoms with Gasteiger partial charge >= 0.3 is 5.97 Å². The largest absolute Gasteiger partial charge is 0.469 e. The van der Waals surface area contributed by atoms with Crippen LogP contribution in [0.1, 0.15) is 51.9 Å². The molecule has 1 aliphatic rings. The smallest absolute Gasteiger partial charge is 0.305 e. The number of hydrogen-bond acceptors (Lipinski definition) is 5. The molecule has 0 bridgehead atoms. The molecule has 0 aromatic heterocycles. The Hall–Kier alpha value is -2.12. The van der Waals surface area contributed by atoms with E-state index in [0.29, 0.717) is 51.7 Å². The quantitative estimate of drug-likeness (QED) is 0.410. The zero-order chi connectivity index (χ0) is 19.4. The van der Waals surface area contributed by atoms with E-state index >= 15 is 0 Å². The number of nitrogens with one attached hydrogen (secondary N) is 2. The van der Waals surface area contributed by atoms with Crippen molar-refractivity contribution in [2.75, 3.05) is 33.3 Å². The third-order valence-electron chi connectivity index (χ3n) is 4.44. The zero-order valence-corrected chi connectivity index (χ0v) is 15.8. The van der Waals surface area contributed by atoms with Gasteiger partial charge in [-0.1, -0.05) is 13.3 Å². The van der Waals surface area contributed by atoms with Gasteiger partial charge in [0.25, 0.3) is 0 Å². The van der Waals surface area contributed by atoms with Crippen molar-refractivity contribution in [3.63, 3.8) is 0 Å². The summed E-state index contributed by atoms with van der Waals surface area (Å²) in [7, 11) is 1.36. The highest BCUT2D eigenvalue weighted by Gasteiger charge is 2.30. The minimum atomic E-state index is -0.247. The first-order chi connectivity index (χ1) is 12.5. The summed E-state index contributed by atoms with van der Waals surface area (Å²) in [5, 5.41) is 5.48. The number of nitrogens with zero attached hydrogens (tertiary/aromatic N) is 1. The van der Waals surface area contributed by atoms with Crippen molar-refractivity contribution < 1.29 is 23.9 Å². The van der Waals surface area contributed by atoms with Gasteiger partial charge < -0.3 is 20.3 Å².